The van der Waals surface area contributed by atoms with Crippen LogP contribution in [0.1, 0.15) is 52.4 Å². The summed E-state index contributed by atoms with van der Waals surface area (Å²) in [5.74, 6) is -0.373. The average Bonchev–Trinajstić information content (AvgIpc) is 2.42. The summed E-state index contributed by atoms with van der Waals surface area (Å²) in [5, 5.41) is 12.1. The van der Waals surface area contributed by atoms with E-state index in [1.54, 1.807) is 0 Å². The lowest BCUT2D eigenvalue weighted by molar-refractivity contribution is -0.142. The third kappa shape index (κ3) is 3.44. The van der Waals surface area contributed by atoms with Crippen LogP contribution in [0.3, 0.4) is 0 Å². The van der Waals surface area contributed by atoms with Crippen LogP contribution in [-0.2, 0) is 4.79 Å². The Labute approximate surface area is 120 Å². The predicted octanol–water partition coefficient (Wildman–Crippen LogP) is 2.46. The molecule has 114 valence electrons. The number of likely N-dealkylation sites (tertiary alicyclic amines) is 1. The first-order valence-electron chi connectivity index (χ1n) is 7.79. The highest BCUT2D eigenvalue weighted by molar-refractivity contribution is 5.75. The van der Waals surface area contributed by atoms with Gasteiger partial charge < -0.3 is 15.3 Å². The molecule has 2 fully saturated rings. The summed E-state index contributed by atoms with van der Waals surface area (Å²) in [6.07, 6.45) is 5.17. The van der Waals surface area contributed by atoms with Gasteiger partial charge in [-0.25, -0.2) is 4.79 Å². The van der Waals surface area contributed by atoms with Gasteiger partial charge in [0.1, 0.15) is 0 Å². The highest BCUT2D eigenvalue weighted by atomic mass is 16.4. The smallest absolute Gasteiger partial charge is 0.317 e. The summed E-state index contributed by atoms with van der Waals surface area (Å²) in [4.78, 5) is 25.2. The average molecular weight is 282 g/mol. The van der Waals surface area contributed by atoms with Crippen LogP contribution >= 0.6 is 0 Å². The molecule has 5 nitrogen and oxygen atoms in total. The maximum atomic E-state index is 12.3. The highest BCUT2D eigenvalue weighted by Gasteiger charge is 2.31. The summed E-state index contributed by atoms with van der Waals surface area (Å²) in [5.41, 5.74) is 0. The molecule has 0 aromatic carbocycles. The normalized spacial score (nSPS) is 34.6. The van der Waals surface area contributed by atoms with E-state index in [0.29, 0.717) is 24.8 Å². The zero-order valence-corrected chi connectivity index (χ0v) is 12.5. The van der Waals surface area contributed by atoms with E-state index in [-0.39, 0.29) is 18.0 Å². The van der Waals surface area contributed by atoms with Crippen molar-refractivity contribution in [3.63, 3.8) is 0 Å². The van der Waals surface area contributed by atoms with E-state index in [0.717, 1.165) is 25.8 Å². The zero-order valence-electron chi connectivity index (χ0n) is 12.5. The minimum Gasteiger partial charge on any atom is -0.481 e. The van der Waals surface area contributed by atoms with Gasteiger partial charge >= 0.3 is 12.0 Å². The number of carbonyl (C=O) groups is 2. The molecule has 5 heteroatoms. The van der Waals surface area contributed by atoms with Crippen molar-refractivity contribution in [2.75, 3.05) is 6.54 Å². The van der Waals surface area contributed by atoms with Gasteiger partial charge in [-0.1, -0.05) is 6.92 Å². The molecule has 2 amide bonds. The number of rotatable bonds is 2. The highest BCUT2D eigenvalue weighted by Crippen LogP contribution is 2.26. The molecule has 0 aromatic heterocycles. The summed E-state index contributed by atoms with van der Waals surface area (Å²) >= 11 is 0. The molecule has 0 spiro atoms. The second-order valence-electron chi connectivity index (χ2n) is 6.39. The Morgan fingerprint density at radius 3 is 2.35 bits per heavy atom. The van der Waals surface area contributed by atoms with Crippen molar-refractivity contribution in [1.29, 1.82) is 0 Å². The summed E-state index contributed by atoms with van der Waals surface area (Å²) < 4.78 is 0. The van der Waals surface area contributed by atoms with E-state index in [1.165, 1.54) is 6.42 Å². The number of carboxylic acid groups (broad SMARTS) is 1. The first-order valence-corrected chi connectivity index (χ1v) is 7.79. The molecule has 0 bridgehead atoms. The molecule has 1 saturated carbocycles. The summed E-state index contributed by atoms with van der Waals surface area (Å²) in [6, 6.07) is 0.462. The SMILES string of the molecule is CC1CCCN(C(=O)NC2CCC(C(=O)O)CC2)C1C. The molecular formula is C15H26N2O3. The second kappa shape index (κ2) is 6.46. The van der Waals surface area contributed by atoms with Crippen molar-refractivity contribution in [3.05, 3.63) is 0 Å². The lowest BCUT2D eigenvalue weighted by Crippen LogP contribution is -2.53. The van der Waals surface area contributed by atoms with Gasteiger partial charge in [-0.2, -0.15) is 0 Å². The van der Waals surface area contributed by atoms with Gasteiger partial charge in [-0.3, -0.25) is 4.79 Å². The number of carboxylic acids is 1. The first-order chi connectivity index (χ1) is 9.49. The molecule has 1 saturated heterocycles. The minimum atomic E-state index is -0.701. The van der Waals surface area contributed by atoms with Crippen molar-refractivity contribution in [1.82, 2.24) is 10.2 Å². The number of carbonyl (C=O) groups excluding carboxylic acids is 1. The number of hydrogen-bond donors (Lipinski definition) is 2. The van der Waals surface area contributed by atoms with Crippen molar-refractivity contribution in [3.8, 4) is 0 Å². The van der Waals surface area contributed by atoms with Crippen LogP contribution in [0.5, 0.6) is 0 Å². The maximum Gasteiger partial charge on any atom is 0.317 e. The topological polar surface area (TPSA) is 69.6 Å². The van der Waals surface area contributed by atoms with Gasteiger partial charge in [0.15, 0.2) is 0 Å². The molecule has 1 aliphatic heterocycles. The minimum absolute atomic E-state index is 0.0304. The Balaban J connectivity index is 1.82. The third-order valence-electron chi connectivity index (χ3n) is 5.04. The van der Waals surface area contributed by atoms with Crippen LogP contribution in [0, 0.1) is 11.8 Å². The number of piperidine rings is 1. The van der Waals surface area contributed by atoms with Crippen LogP contribution < -0.4 is 5.32 Å². The molecule has 2 aliphatic rings. The van der Waals surface area contributed by atoms with Gasteiger partial charge in [-0.15, -0.1) is 0 Å². The van der Waals surface area contributed by atoms with Crippen molar-refractivity contribution in [2.24, 2.45) is 11.8 Å². The molecule has 0 aromatic rings. The maximum absolute atomic E-state index is 12.3. The Bertz CT molecular complexity index is 364. The first kappa shape index (κ1) is 15.1. The van der Waals surface area contributed by atoms with Crippen LogP contribution in [0.4, 0.5) is 4.79 Å². The number of nitrogens with one attached hydrogen (secondary N) is 1. The van der Waals surface area contributed by atoms with E-state index < -0.39 is 5.97 Å². The van der Waals surface area contributed by atoms with Crippen molar-refractivity contribution < 1.29 is 14.7 Å². The van der Waals surface area contributed by atoms with E-state index in [4.69, 9.17) is 5.11 Å². The molecule has 20 heavy (non-hydrogen) atoms. The van der Waals surface area contributed by atoms with Gasteiger partial charge in [0.25, 0.3) is 0 Å². The van der Waals surface area contributed by atoms with Crippen molar-refractivity contribution in [2.45, 2.75) is 64.5 Å². The van der Waals surface area contributed by atoms with Crippen LogP contribution in [0.2, 0.25) is 0 Å². The summed E-state index contributed by atoms with van der Waals surface area (Å²) in [6.45, 7) is 5.15. The Morgan fingerprint density at radius 1 is 1.10 bits per heavy atom. The van der Waals surface area contributed by atoms with Gasteiger partial charge in [0.2, 0.25) is 0 Å². The quantitative estimate of drug-likeness (QED) is 0.817. The fourth-order valence-corrected chi connectivity index (χ4v) is 3.36. The molecule has 1 heterocycles. The van der Waals surface area contributed by atoms with Gasteiger partial charge in [0.05, 0.1) is 5.92 Å². The van der Waals surface area contributed by atoms with Gasteiger partial charge in [0, 0.05) is 18.6 Å². The Hall–Kier alpha value is -1.26. The third-order valence-corrected chi connectivity index (χ3v) is 5.04. The number of hydrogen-bond acceptors (Lipinski definition) is 2. The number of nitrogens with zero attached hydrogens (tertiary/aromatic N) is 1. The van der Waals surface area contributed by atoms with Crippen LogP contribution in [0.25, 0.3) is 0 Å². The number of aliphatic carboxylic acids is 1. The van der Waals surface area contributed by atoms with E-state index >= 15 is 0 Å². The van der Waals surface area contributed by atoms with E-state index in [9.17, 15) is 9.59 Å². The number of urea groups is 1. The second-order valence-corrected chi connectivity index (χ2v) is 6.39. The molecule has 2 atom stereocenters. The summed E-state index contributed by atoms with van der Waals surface area (Å²) in [7, 11) is 0. The lowest BCUT2D eigenvalue weighted by Gasteiger charge is -2.39. The molecule has 2 rings (SSSR count). The monoisotopic (exact) mass is 282 g/mol. The van der Waals surface area contributed by atoms with Gasteiger partial charge in [-0.05, 0) is 51.4 Å². The van der Waals surface area contributed by atoms with E-state index in [1.807, 2.05) is 4.90 Å². The molecule has 2 N–H and O–H groups in total. The van der Waals surface area contributed by atoms with E-state index in [2.05, 4.69) is 19.2 Å². The largest absolute Gasteiger partial charge is 0.481 e. The fraction of sp³-hybridized carbons (Fsp3) is 0.867. The zero-order chi connectivity index (χ0) is 14.7. The molecule has 0 radical (unpaired) electrons. The van der Waals surface area contributed by atoms with Crippen molar-refractivity contribution >= 4 is 12.0 Å². The fourth-order valence-electron chi connectivity index (χ4n) is 3.36. The Morgan fingerprint density at radius 2 is 1.75 bits per heavy atom. The molecule has 2 unspecified atom stereocenters. The lowest BCUT2D eigenvalue weighted by atomic mass is 9.86. The Kier molecular flexibility index (Phi) is 4.89. The standard InChI is InChI=1S/C15H26N2O3/c1-10-4-3-9-17(11(10)2)15(20)16-13-7-5-12(6-8-13)14(18)19/h10-13H,3-9H2,1-2H3,(H,16,20)(H,18,19). The number of amides is 2. The molecule has 1 aliphatic carbocycles. The molecular weight excluding hydrogens is 256 g/mol. The van der Waals surface area contributed by atoms with Crippen LogP contribution in [0.15, 0.2) is 0 Å². The van der Waals surface area contributed by atoms with Crippen LogP contribution in [-0.4, -0.2) is 40.6 Å². The predicted molar refractivity (Wildman–Crippen MR) is 76.5 cm³/mol.